The van der Waals surface area contributed by atoms with Crippen molar-refractivity contribution < 1.29 is 19.8 Å². The number of carboxylic acid groups (broad SMARTS) is 1. The molecule has 0 aromatic heterocycles. The summed E-state index contributed by atoms with van der Waals surface area (Å²) in [6.45, 7) is 0.118. The lowest BCUT2D eigenvalue weighted by atomic mass is 10.2. The van der Waals surface area contributed by atoms with E-state index in [1.54, 1.807) is 11.9 Å². The maximum Gasteiger partial charge on any atom is 0.326 e. The first kappa shape index (κ1) is 11.2. The first-order valence-corrected chi connectivity index (χ1v) is 5.45. The van der Waals surface area contributed by atoms with Gasteiger partial charge in [0.2, 0.25) is 0 Å². The Morgan fingerprint density at radius 1 is 1.38 bits per heavy atom. The van der Waals surface area contributed by atoms with E-state index in [9.17, 15) is 14.7 Å². The number of aliphatic hydroxyl groups is 1. The van der Waals surface area contributed by atoms with Gasteiger partial charge in [0.05, 0.1) is 6.10 Å². The van der Waals surface area contributed by atoms with E-state index in [4.69, 9.17) is 5.11 Å². The van der Waals surface area contributed by atoms with E-state index in [0.717, 1.165) is 12.8 Å². The summed E-state index contributed by atoms with van der Waals surface area (Å²) >= 11 is 0. The van der Waals surface area contributed by atoms with Crippen molar-refractivity contribution in [3.8, 4) is 0 Å². The number of nitrogens with zero attached hydrogens (tertiary/aromatic N) is 2. The van der Waals surface area contributed by atoms with Crippen LogP contribution in [0.15, 0.2) is 0 Å². The van der Waals surface area contributed by atoms with Crippen molar-refractivity contribution in [2.24, 2.45) is 0 Å². The summed E-state index contributed by atoms with van der Waals surface area (Å²) in [7, 11) is 1.68. The zero-order chi connectivity index (χ0) is 11.9. The maximum absolute atomic E-state index is 12.0. The molecule has 2 N–H and O–H groups in total. The molecule has 16 heavy (non-hydrogen) atoms. The second kappa shape index (κ2) is 3.93. The Labute approximate surface area is 93.4 Å². The van der Waals surface area contributed by atoms with Crippen molar-refractivity contribution in [3.63, 3.8) is 0 Å². The summed E-state index contributed by atoms with van der Waals surface area (Å²) in [5.41, 5.74) is 0. The van der Waals surface area contributed by atoms with Crippen LogP contribution in [0.1, 0.15) is 19.3 Å². The summed E-state index contributed by atoms with van der Waals surface area (Å²) in [6, 6.07) is -0.921. The van der Waals surface area contributed by atoms with Crippen molar-refractivity contribution in [1.29, 1.82) is 0 Å². The molecule has 6 heteroatoms. The Balaban J connectivity index is 2.06. The zero-order valence-corrected chi connectivity index (χ0v) is 9.17. The molecule has 0 spiro atoms. The predicted molar refractivity (Wildman–Crippen MR) is 54.9 cm³/mol. The van der Waals surface area contributed by atoms with Gasteiger partial charge in [-0.1, -0.05) is 0 Å². The van der Waals surface area contributed by atoms with Crippen LogP contribution in [0.2, 0.25) is 0 Å². The molecule has 1 aliphatic heterocycles. The number of rotatable bonds is 2. The molecule has 1 heterocycles. The molecule has 0 aromatic rings. The smallest absolute Gasteiger partial charge is 0.326 e. The predicted octanol–water partition coefficient (Wildman–Crippen LogP) is -0.280. The van der Waals surface area contributed by atoms with E-state index in [0.29, 0.717) is 0 Å². The van der Waals surface area contributed by atoms with Crippen molar-refractivity contribution >= 4 is 12.0 Å². The number of carboxylic acids is 1. The largest absolute Gasteiger partial charge is 0.480 e. The van der Waals surface area contributed by atoms with Crippen LogP contribution in [0.5, 0.6) is 0 Å². The first-order chi connectivity index (χ1) is 7.50. The Hall–Kier alpha value is -1.30. The molecule has 2 atom stereocenters. The standard InChI is InChI=1S/C10H16N2O4/c1-11(6-2-3-6)10(16)12-5-7(13)4-8(12)9(14)15/h6-8,13H,2-5H2,1H3,(H,14,15)/t7-,8-/m1/s1. The average molecular weight is 228 g/mol. The molecule has 1 saturated heterocycles. The average Bonchev–Trinajstić information content (AvgIpc) is 2.99. The lowest BCUT2D eigenvalue weighted by Gasteiger charge is -2.27. The van der Waals surface area contributed by atoms with Gasteiger partial charge in [-0.2, -0.15) is 0 Å². The Bertz CT molecular complexity index is 316. The molecule has 2 amide bonds. The van der Waals surface area contributed by atoms with Crippen LogP contribution in [0.4, 0.5) is 4.79 Å². The van der Waals surface area contributed by atoms with E-state index in [1.165, 1.54) is 4.90 Å². The van der Waals surface area contributed by atoms with Gasteiger partial charge in [0, 0.05) is 26.1 Å². The van der Waals surface area contributed by atoms with E-state index in [2.05, 4.69) is 0 Å². The second-order valence-corrected chi connectivity index (χ2v) is 4.52. The van der Waals surface area contributed by atoms with Crippen LogP contribution >= 0.6 is 0 Å². The van der Waals surface area contributed by atoms with Crippen LogP contribution in [0, 0.1) is 0 Å². The normalized spacial score (nSPS) is 29.2. The van der Waals surface area contributed by atoms with Crippen LogP contribution in [0.25, 0.3) is 0 Å². The van der Waals surface area contributed by atoms with Crippen molar-refractivity contribution in [2.45, 2.75) is 37.5 Å². The van der Waals surface area contributed by atoms with Crippen molar-refractivity contribution in [2.75, 3.05) is 13.6 Å². The number of aliphatic hydroxyl groups excluding tert-OH is 1. The van der Waals surface area contributed by atoms with Gasteiger partial charge in [-0.3, -0.25) is 0 Å². The number of aliphatic carboxylic acids is 1. The molecular weight excluding hydrogens is 212 g/mol. The monoisotopic (exact) mass is 228 g/mol. The number of carbonyl (C=O) groups is 2. The third-order valence-corrected chi connectivity index (χ3v) is 3.21. The minimum absolute atomic E-state index is 0.118. The quantitative estimate of drug-likeness (QED) is 0.681. The molecule has 2 rings (SSSR count). The zero-order valence-electron chi connectivity index (χ0n) is 9.17. The maximum atomic E-state index is 12.0. The van der Waals surface area contributed by atoms with Gasteiger partial charge in [0.15, 0.2) is 0 Å². The highest BCUT2D eigenvalue weighted by molar-refractivity contribution is 5.83. The fraction of sp³-hybridized carbons (Fsp3) is 0.800. The Morgan fingerprint density at radius 2 is 2.00 bits per heavy atom. The third kappa shape index (κ3) is 1.97. The van der Waals surface area contributed by atoms with Crippen LogP contribution < -0.4 is 0 Å². The molecule has 0 radical (unpaired) electrons. The van der Waals surface area contributed by atoms with Gasteiger partial charge in [-0.15, -0.1) is 0 Å². The molecule has 1 aliphatic carbocycles. The summed E-state index contributed by atoms with van der Waals surface area (Å²) in [5, 5.41) is 18.4. The summed E-state index contributed by atoms with van der Waals surface area (Å²) in [6.07, 6.45) is 1.37. The topological polar surface area (TPSA) is 81.1 Å². The fourth-order valence-electron chi connectivity index (χ4n) is 2.08. The number of carbonyl (C=O) groups excluding carboxylic acids is 1. The Morgan fingerprint density at radius 3 is 2.50 bits per heavy atom. The van der Waals surface area contributed by atoms with Gasteiger partial charge < -0.3 is 20.0 Å². The fourth-order valence-corrected chi connectivity index (χ4v) is 2.08. The Kier molecular flexibility index (Phi) is 2.75. The van der Waals surface area contributed by atoms with E-state index >= 15 is 0 Å². The highest BCUT2D eigenvalue weighted by Crippen LogP contribution is 2.28. The van der Waals surface area contributed by atoms with Gasteiger partial charge in [0.25, 0.3) is 0 Å². The summed E-state index contributed by atoms with van der Waals surface area (Å²) in [5.74, 6) is -1.05. The highest BCUT2D eigenvalue weighted by atomic mass is 16.4. The van der Waals surface area contributed by atoms with Crippen molar-refractivity contribution in [3.05, 3.63) is 0 Å². The van der Waals surface area contributed by atoms with E-state index in [-0.39, 0.29) is 25.0 Å². The number of β-amino-alcohol motifs (C(OH)–C–C–N with tert-alkyl or cyclic N) is 1. The third-order valence-electron chi connectivity index (χ3n) is 3.21. The molecular formula is C10H16N2O4. The molecule has 2 fully saturated rings. The number of likely N-dealkylation sites (tertiary alicyclic amines) is 1. The molecule has 1 saturated carbocycles. The first-order valence-electron chi connectivity index (χ1n) is 5.45. The van der Waals surface area contributed by atoms with Gasteiger partial charge >= 0.3 is 12.0 Å². The van der Waals surface area contributed by atoms with Crippen LogP contribution in [0.3, 0.4) is 0 Å². The molecule has 2 aliphatic rings. The number of hydrogen-bond donors (Lipinski definition) is 2. The summed E-state index contributed by atoms with van der Waals surface area (Å²) in [4.78, 5) is 25.7. The summed E-state index contributed by atoms with van der Waals surface area (Å²) < 4.78 is 0. The molecule has 90 valence electrons. The number of hydrogen-bond acceptors (Lipinski definition) is 3. The van der Waals surface area contributed by atoms with Crippen LogP contribution in [-0.2, 0) is 4.79 Å². The lowest BCUT2D eigenvalue weighted by molar-refractivity contribution is -0.141. The lowest BCUT2D eigenvalue weighted by Crippen LogP contribution is -2.47. The molecule has 0 bridgehead atoms. The minimum Gasteiger partial charge on any atom is -0.480 e. The number of amides is 2. The van der Waals surface area contributed by atoms with Gasteiger partial charge in [0.1, 0.15) is 6.04 Å². The van der Waals surface area contributed by atoms with Crippen LogP contribution in [-0.4, -0.2) is 63.8 Å². The molecule has 0 unspecified atom stereocenters. The molecule has 0 aromatic carbocycles. The van der Waals surface area contributed by atoms with Crippen molar-refractivity contribution in [1.82, 2.24) is 9.80 Å². The van der Waals surface area contributed by atoms with E-state index < -0.39 is 18.1 Å². The highest BCUT2D eigenvalue weighted by Gasteiger charge is 2.42. The SMILES string of the molecule is CN(C(=O)N1C[C@H](O)C[C@@H]1C(=O)O)C1CC1. The second-order valence-electron chi connectivity index (χ2n) is 4.52. The number of urea groups is 1. The van der Waals surface area contributed by atoms with E-state index in [1.807, 2.05) is 0 Å². The van der Waals surface area contributed by atoms with Gasteiger partial charge in [-0.05, 0) is 12.8 Å². The minimum atomic E-state index is -1.05. The molecule has 6 nitrogen and oxygen atoms in total. The van der Waals surface area contributed by atoms with Gasteiger partial charge in [-0.25, -0.2) is 9.59 Å².